The number of carbonyl (C=O) groups excluding carboxylic acids is 1. The van der Waals surface area contributed by atoms with Gasteiger partial charge in [0.2, 0.25) is 5.88 Å². The molecule has 2 amide bonds. The first-order chi connectivity index (χ1) is 12.7. The number of nitrogens with one attached hydrogen (secondary N) is 2. The minimum Gasteiger partial charge on any atom is -0.480 e. The zero-order chi connectivity index (χ0) is 20.2. The second-order valence-corrected chi connectivity index (χ2v) is 8.22. The summed E-state index contributed by atoms with van der Waals surface area (Å²) in [5.74, 6) is 0.483. The molecule has 0 saturated heterocycles. The van der Waals surface area contributed by atoms with Crippen LogP contribution in [0.25, 0.3) is 0 Å². The molecule has 0 spiro atoms. The van der Waals surface area contributed by atoms with Gasteiger partial charge in [-0.05, 0) is 29.0 Å². The molecule has 0 aliphatic carbocycles. The van der Waals surface area contributed by atoms with Crippen molar-refractivity contribution in [3.63, 3.8) is 0 Å². The van der Waals surface area contributed by atoms with Gasteiger partial charge in [-0.25, -0.2) is 9.52 Å². The van der Waals surface area contributed by atoms with Crippen molar-refractivity contribution < 1.29 is 17.9 Å². The summed E-state index contributed by atoms with van der Waals surface area (Å²) >= 11 is 0. The molecule has 0 unspecified atom stereocenters. The number of anilines is 1. The molecule has 0 aliphatic heterocycles. The van der Waals surface area contributed by atoms with Crippen LogP contribution < -0.4 is 14.8 Å². The van der Waals surface area contributed by atoms with Crippen LogP contribution >= 0.6 is 0 Å². The maximum Gasteiger partial charge on any atom is 0.333 e. The molecule has 27 heavy (non-hydrogen) atoms. The number of sulfonamides is 1. The molecule has 1 aromatic carbocycles. The first-order valence-electron chi connectivity index (χ1n) is 8.50. The van der Waals surface area contributed by atoms with Gasteiger partial charge in [0.25, 0.3) is 10.0 Å². The van der Waals surface area contributed by atoms with E-state index in [1.165, 1.54) is 19.2 Å². The molecule has 2 N–H and O–H groups in total. The highest BCUT2D eigenvalue weighted by atomic mass is 32.2. The van der Waals surface area contributed by atoms with Gasteiger partial charge < -0.3 is 10.1 Å². The monoisotopic (exact) mass is 392 g/mol. The summed E-state index contributed by atoms with van der Waals surface area (Å²) in [5, 5.41) is 9.49. The molecule has 9 heteroatoms. The minimum absolute atomic E-state index is 0.156. The van der Waals surface area contributed by atoms with Crippen LogP contribution in [0.2, 0.25) is 0 Å². The van der Waals surface area contributed by atoms with Crippen LogP contribution in [0.3, 0.4) is 0 Å². The summed E-state index contributed by atoms with van der Waals surface area (Å²) in [6.45, 7) is 8.02. The number of para-hydroxylation sites is 1. The third-order valence-electron chi connectivity index (χ3n) is 3.94. The predicted octanol–water partition coefficient (Wildman–Crippen LogP) is 3.24. The van der Waals surface area contributed by atoms with E-state index in [0.29, 0.717) is 5.69 Å². The van der Waals surface area contributed by atoms with Gasteiger partial charge in [-0.2, -0.15) is 8.42 Å². The normalized spacial score (nSPS) is 11.5. The number of benzene rings is 1. The van der Waals surface area contributed by atoms with E-state index in [-0.39, 0.29) is 22.7 Å². The number of amides is 2. The Bertz CT molecular complexity index is 883. The van der Waals surface area contributed by atoms with Crippen LogP contribution in [0.5, 0.6) is 5.88 Å². The van der Waals surface area contributed by atoms with Crippen LogP contribution in [0.1, 0.15) is 50.7 Å². The van der Waals surface area contributed by atoms with Gasteiger partial charge in [-0.1, -0.05) is 45.9 Å². The van der Waals surface area contributed by atoms with E-state index in [9.17, 15) is 13.2 Å². The maximum absolute atomic E-state index is 12.4. The summed E-state index contributed by atoms with van der Waals surface area (Å²) in [5.41, 5.74) is 2.48. The van der Waals surface area contributed by atoms with Crippen LogP contribution in [0.15, 0.2) is 35.4 Å². The van der Waals surface area contributed by atoms with E-state index in [4.69, 9.17) is 4.74 Å². The van der Waals surface area contributed by atoms with E-state index in [1.54, 1.807) is 0 Å². The van der Waals surface area contributed by atoms with Crippen LogP contribution in [0.4, 0.5) is 10.5 Å². The molecule has 0 fully saturated rings. The van der Waals surface area contributed by atoms with Crippen LogP contribution in [-0.4, -0.2) is 31.8 Å². The Labute approximate surface area is 159 Å². The number of hydrogen-bond acceptors (Lipinski definition) is 6. The Hall–Kier alpha value is -2.68. The zero-order valence-electron chi connectivity index (χ0n) is 16.0. The lowest BCUT2D eigenvalue weighted by Gasteiger charge is -2.20. The molecule has 1 aromatic heterocycles. The summed E-state index contributed by atoms with van der Waals surface area (Å²) in [7, 11) is -2.77. The fourth-order valence-electron chi connectivity index (χ4n) is 2.57. The first kappa shape index (κ1) is 20.6. The number of nitrogens with zero attached hydrogens (tertiary/aromatic N) is 2. The van der Waals surface area contributed by atoms with E-state index >= 15 is 0 Å². The SMILES string of the molecule is COc1ccc(S(=O)(=O)NC(=O)Nc2c(C(C)C)cccc2C(C)C)nn1. The fourth-order valence-corrected chi connectivity index (χ4v) is 3.36. The van der Waals surface area contributed by atoms with Crippen molar-refractivity contribution in [3.05, 3.63) is 41.5 Å². The van der Waals surface area contributed by atoms with Gasteiger partial charge in [-0.15, -0.1) is 10.2 Å². The number of carbonyl (C=O) groups is 1. The third-order valence-corrected chi connectivity index (χ3v) is 5.16. The average Bonchev–Trinajstić information content (AvgIpc) is 2.61. The smallest absolute Gasteiger partial charge is 0.333 e. The lowest BCUT2D eigenvalue weighted by Crippen LogP contribution is -2.35. The van der Waals surface area contributed by atoms with Crippen LogP contribution in [-0.2, 0) is 10.0 Å². The van der Waals surface area contributed by atoms with Gasteiger partial charge in [0, 0.05) is 11.8 Å². The van der Waals surface area contributed by atoms with Gasteiger partial charge in [0.1, 0.15) is 0 Å². The fraction of sp³-hybridized carbons (Fsp3) is 0.389. The van der Waals surface area contributed by atoms with Crippen LogP contribution in [0, 0.1) is 0 Å². The summed E-state index contributed by atoms with van der Waals surface area (Å²) in [4.78, 5) is 12.4. The quantitative estimate of drug-likeness (QED) is 0.781. The maximum atomic E-state index is 12.4. The predicted molar refractivity (Wildman–Crippen MR) is 103 cm³/mol. The Morgan fingerprint density at radius 3 is 2.04 bits per heavy atom. The Morgan fingerprint density at radius 2 is 1.59 bits per heavy atom. The van der Waals surface area contributed by atoms with E-state index in [2.05, 4.69) is 15.5 Å². The largest absolute Gasteiger partial charge is 0.480 e. The number of ether oxygens (including phenoxy) is 1. The van der Waals surface area contributed by atoms with Gasteiger partial charge in [0.05, 0.1) is 7.11 Å². The molecule has 8 nitrogen and oxygen atoms in total. The zero-order valence-corrected chi connectivity index (χ0v) is 16.8. The molecule has 2 aromatic rings. The molecule has 0 aliphatic rings. The van der Waals surface area contributed by atoms with E-state index < -0.39 is 16.1 Å². The van der Waals surface area contributed by atoms with Gasteiger partial charge >= 0.3 is 6.03 Å². The topological polar surface area (TPSA) is 110 Å². The third kappa shape index (κ3) is 4.94. The van der Waals surface area contributed by atoms with E-state index in [0.717, 1.165) is 11.1 Å². The van der Waals surface area contributed by atoms with Crippen molar-refractivity contribution in [1.82, 2.24) is 14.9 Å². The standard InChI is InChI=1S/C18H24N4O4S/c1-11(2)13-7-6-8-14(12(3)4)17(13)19-18(23)22-27(24,25)16-10-9-15(26-5)20-21-16/h6-12H,1-5H3,(H2,19,22,23). The lowest BCUT2D eigenvalue weighted by atomic mass is 9.93. The highest BCUT2D eigenvalue weighted by Crippen LogP contribution is 2.32. The van der Waals surface area contributed by atoms with Crippen molar-refractivity contribution in [2.45, 2.75) is 44.6 Å². The summed E-state index contributed by atoms with van der Waals surface area (Å²) in [6, 6.07) is 7.46. The highest BCUT2D eigenvalue weighted by molar-refractivity contribution is 7.90. The van der Waals surface area contributed by atoms with Gasteiger partial charge in [-0.3, -0.25) is 0 Å². The number of hydrogen-bond donors (Lipinski definition) is 2. The Balaban J connectivity index is 2.27. The molecule has 2 rings (SSSR count). The molecular formula is C18H24N4O4S. The average molecular weight is 392 g/mol. The van der Waals surface area contributed by atoms with Crippen molar-refractivity contribution in [1.29, 1.82) is 0 Å². The molecule has 146 valence electrons. The summed E-state index contributed by atoms with van der Waals surface area (Å²) in [6.07, 6.45) is 0. The molecule has 0 atom stereocenters. The first-order valence-corrected chi connectivity index (χ1v) is 9.98. The summed E-state index contributed by atoms with van der Waals surface area (Å²) < 4.78 is 31.5. The molecule has 1 heterocycles. The lowest BCUT2D eigenvalue weighted by molar-refractivity contribution is 0.256. The second-order valence-electron chi connectivity index (χ2n) is 6.59. The Kier molecular flexibility index (Phi) is 6.37. The van der Waals surface area contributed by atoms with Crippen molar-refractivity contribution in [2.75, 3.05) is 12.4 Å². The molecule has 0 saturated carbocycles. The molecular weight excluding hydrogens is 368 g/mol. The molecule has 0 bridgehead atoms. The number of methoxy groups -OCH3 is 1. The number of urea groups is 1. The number of aromatic nitrogens is 2. The van der Waals surface area contributed by atoms with Crippen molar-refractivity contribution in [2.24, 2.45) is 0 Å². The minimum atomic E-state index is -4.16. The Morgan fingerprint density at radius 1 is 1.00 bits per heavy atom. The van der Waals surface area contributed by atoms with Gasteiger partial charge in [0.15, 0.2) is 5.03 Å². The number of rotatable bonds is 6. The van der Waals surface area contributed by atoms with E-state index in [1.807, 2.05) is 50.6 Å². The van der Waals surface area contributed by atoms with Crippen molar-refractivity contribution in [3.8, 4) is 5.88 Å². The molecule has 0 radical (unpaired) electrons. The van der Waals surface area contributed by atoms with Crippen molar-refractivity contribution >= 4 is 21.7 Å². The second kappa shape index (κ2) is 8.34. The highest BCUT2D eigenvalue weighted by Gasteiger charge is 2.22.